The largest absolute Gasteiger partial charge is 0.444 e. The van der Waals surface area contributed by atoms with Crippen LogP contribution in [0.2, 0.25) is 0 Å². The highest BCUT2D eigenvalue weighted by atomic mass is 32.2. The SMILES string of the molecule is CC(C)(C)OC(=O)N1CCN(CCS(=O)(=O)N(Cc2ccc(C(=O)CN)cc2)c2ccccc2)CC1. The molecule has 0 bridgehead atoms. The standard InChI is InChI=1S/C26H36N4O5S/c1-26(2,3)35-25(32)29-15-13-28(14-16-29)17-18-36(33,34)30(23-7-5-4-6-8-23)20-21-9-11-22(12-10-21)24(31)19-27/h4-12H,13-20,27H2,1-3H3. The number of rotatable bonds is 9. The molecular formula is C26H36N4O5S. The van der Waals surface area contributed by atoms with Crippen LogP contribution in [0.25, 0.3) is 0 Å². The Kier molecular flexibility index (Phi) is 9.10. The minimum absolute atomic E-state index is 0.0575. The fourth-order valence-electron chi connectivity index (χ4n) is 3.86. The molecule has 10 heteroatoms. The Labute approximate surface area is 213 Å². The number of hydrogen-bond acceptors (Lipinski definition) is 7. The summed E-state index contributed by atoms with van der Waals surface area (Å²) in [5.74, 6) is -0.223. The third kappa shape index (κ3) is 7.78. The predicted molar refractivity (Wildman–Crippen MR) is 140 cm³/mol. The third-order valence-electron chi connectivity index (χ3n) is 5.86. The Morgan fingerprint density at radius 3 is 2.14 bits per heavy atom. The van der Waals surface area contributed by atoms with Crippen molar-refractivity contribution in [2.24, 2.45) is 5.73 Å². The van der Waals surface area contributed by atoms with Crippen molar-refractivity contribution in [2.45, 2.75) is 32.9 Å². The zero-order valence-corrected chi connectivity index (χ0v) is 22.0. The lowest BCUT2D eigenvalue weighted by atomic mass is 10.1. The molecule has 2 N–H and O–H groups in total. The molecule has 1 fully saturated rings. The maximum absolute atomic E-state index is 13.5. The lowest BCUT2D eigenvalue weighted by molar-refractivity contribution is 0.0149. The van der Waals surface area contributed by atoms with Crippen LogP contribution in [-0.4, -0.2) is 80.7 Å². The molecule has 1 amide bonds. The summed E-state index contributed by atoms with van der Waals surface area (Å²) < 4.78 is 33.8. The molecule has 36 heavy (non-hydrogen) atoms. The molecule has 9 nitrogen and oxygen atoms in total. The number of nitrogens with zero attached hydrogens (tertiary/aromatic N) is 3. The van der Waals surface area contributed by atoms with E-state index in [1.807, 2.05) is 26.8 Å². The van der Waals surface area contributed by atoms with Crippen LogP contribution in [0.3, 0.4) is 0 Å². The lowest BCUT2D eigenvalue weighted by Crippen LogP contribution is -2.51. The second kappa shape index (κ2) is 11.9. The molecule has 2 aromatic carbocycles. The van der Waals surface area contributed by atoms with Crippen molar-refractivity contribution in [1.29, 1.82) is 0 Å². The number of nitrogens with two attached hydrogens (primary N) is 1. The number of carbonyl (C=O) groups is 2. The van der Waals surface area contributed by atoms with Gasteiger partial charge in [0.05, 0.1) is 24.5 Å². The average molecular weight is 517 g/mol. The van der Waals surface area contributed by atoms with Gasteiger partial charge in [-0.15, -0.1) is 0 Å². The summed E-state index contributed by atoms with van der Waals surface area (Å²) in [4.78, 5) is 27.8. The zero-order chi connectivity index (χ0) is 26.3. The van der Waals surface area contributed by atoms with Crippen LogP contribution in [0.4, 0.5) is 10.5 Å². The van der Waals surface area contributed by atoms with E-state index in [-0.39, 0.29) is 30.7 Å². The Balaban J connectivity index is 1.65. The Morgan fingerprint density at radius 1 is 0.972 bits per heavy atom. The van der Waals surface area contributed by atoms with Gasteiger partial charge in [-0.2, -0.15) is 0 Å². The minimum Gasteiger partial charge on any atom is -0.444 e. The summed E-state index contributed by atoms with van der Waals surface area (Å²) in [5.41, 5.74) is 6.72. The molecule has 0 unspecified atom stereocenters. The van der Waals surface area contributed by atoms with Gasteiger partial charge >= 0.3 is 6.09 Å². The molecule has 1 aliphatic rings. The fourth-order valence-corrected chi connectivity index (χ4v) is 5.36. The second-order valence-corrected chi connectivity index (χ2v) is 11.8. The van der Waals surface area contributed by atoms with E-state index < -0.39 is 15.6 Å². The number of sulfonamides is 1. The van der Waals surface area contributed by atoms with E-state index in [0.29, 0.717) is 44.0 Å². The van der Waals surface area contributed by atoms with Gasteiger partial charge in [0.15, 0.2) is 5.78 Å². The number of benzene rings is 2. The van der Waals surface area contributed by atoms with Gasteiger partial charge in [-0.25, -0.2) is 13.2 Å². The maximum Gasteiger partial charge on any atom is 0.410 e. The molecule has 1 aliphatic heterocycles. The number of para-hydroxylation sites is 1. The van der Waals surface area contributed by atoms with E-state index in [0.717, 1.165) is 5.56 Å². The van der Waals surface area contributed by atoms with Crippen LogP contribution in [0, 0.1) is 0 Å². The molecule has 3 rings (SSSR count). The molecule has 0 aromatic heterocycles. The summed E-state index contributed by atoms with van der Waals surface area (Å²) in [5, 5.41) is 0. The van der Waals surface area contributed by atoms with Crippen molar-refractivity contribution < 1.29 is 22.7 Å². The first-order chi connectivity index (χ1) is 17.0. The van der Waals surface area contributed by atoms with E-state index >= 15 is 0 Å². The summed E-state index contributed by atoms with van der Waals surface area (Å²) >= 11 is 0. The van der Waals surface area contributed by atoms with Crippen molar-refractivity contribution in [3.05, 3.63) is 65.7 Å². The summed E-state index contributed by atoms with van der Waals surface area (Å²) in [7, 11) is -3.66. The van der Waals surface area contributed by atoms with E-state index in [9.17, 15) is 18.0 Å². The normalized spacial score (nSPS) is 14.9. The Hall–Kier alpha value is -2.95. The Morgan fingerprint density at radius 2 is 1.58 bits per heavy atom. The van der Waals surface area contributed by atoms with Gasteiger partial charge in [0.2, 0.25) is 10.0 Å². The lowest BCUT2D eigenvalue weighted by Gasteiger charge is -2.36. The summed E-state index contributed by atoms with van der Waals surface area (Å²) in [6.45, 7) is 8.07. The quantitative estimate of drug-likeness (QED) is 0.510. The van der Waals surface area contributed by atoms with Crippen molar-refractivity contribution in [3.8, 4) is 0 Å². The molecule has 2 aromatic rings. The van der Waals surface area contributed by atoms with E-state index in [1.165, 1.54) is 4.31 Å². The fraction of sp³-hybridized carbons (Fsp3) is 0.462. The first-order valence-electron chi connectivity index (χ1n) is 12.1. The van der Waals surface area contributed by atoms with Gasteiger partial charge in [-0.3, -0.25) is 14.0 Å². The number of Topliss-reactive ketones (excluding diaryl/α,β-unsaturated/α-hetero) is 1. The van der Waals surface area contributed by atoms with Crippen LogP contribution in [-0.2, 0) is 21.3 Å². The summed E-state index contributed by atoms with van der Waals surface area (Å²) in [6, 6.07) is 15.8. The van der Waals surface area contributed by atoms with Crippen LogP contribution in [0.1, 0.15) is 36.7 Å². The highest BCUT2D eigenvalue weighted by Gasteiger charge is 2.28. The third-order valence-corrected chi connectivity index (χ3v) is 7.57. The monoisotopic (exact) mass is 516 g/mol. The number of amides is 1. The number of ketones is 1. The second-order valence-electron chi connectivity index (χ2n) is 9.79. The highest BCUT2D eigenvalue weighted by molar-refractivity contribution is 7.92. The van der Waals surface area contributed by atoms with Gasteiger partial charge in [0.1, 0.15) is 5.60 Å². The Bertz CT molecular complexity index is 1120. The van der Waals surface area contributed by atoms with Gasteiger partial charge in [0.25, 0.3) is 0 Å². The molecular weight excluding hydrogens is 480 g/mol. The van der Waals surface area contributed by atoms with Gasteiger partial charge in [-0.05, 0) is 38.5 Å². The predicted octanol–water partition coefficient (Wildman–Crippen LogP) is 2.72. The van der Waals surface area contributed by atoms with Crippen LogP contribution < -0.4 is 10.0 Å². The van der Waals surface area contributed by atoms with E-state index in [1.54, 1.807) is 53.4 Å². The molecule has 0 radical (unpaired) electrons. The molecule has 1 saturated heterocycles. The number of ether oxygens (including phenoxy) is 1. The maximum atomic E-state index is 13.5. The van der Waals surface area contributed by atoms with E-state index in [2.05, 4.69) is 4.90 Å². The molecule has 1 heterocycles. The minimum atomic E-state index is -3.66. The van der Waals surface area contributed by atoms with Crippen LogP contribution in [0.15, 0.2) is 54.6 Å². The molecule has 0 spiro atoms. The highest BCUT2D eigenvalue weighted by Crippen LogP contribution is 2.22. The summed E-state index contributed by atoms with van der Waals surface area (Å²) in [6.07, 6.45) is -0.343. The van der Waals surface area contributed by atoms with Crippen molar-refractivity contribution in [3.63, 3.8) is 0 Å². The average Bonchev–Trinajstić information content (AvgIpc) is 2.85. The molecule has 0 atom stereocenters. The van der Waals surface area contributed by atoms with Crippen molar-refractivity contribution >= 4 is 27.6 Å². The first kappa shape index (κ1) is 27.6. The molecule has 0 aliphatic carbocycles. The molecule has 0 saturated carbocycles. The topological polar surface area (TPSA) is 113 Å². The van der Waals surface area contributed by atoms with Gasteiger partial charge in [0, 0.05) is 38.3 Å². The molecule has 196 valence electrons. The van der Waals surface area contributed by atoms with Crippen LogP contribution in [0.5, 0.6) is 0 Å². The number of piperazine rings is 1. The zero-order valence-electron chi connectivity index (χ0n) is 21.2. The number of carbonyl (C=O) groups excluding carboxylic acids is 2. The first-order valence-corrected chi connectivity index (χ1v) is 13.7. The number of hydrogen-bond donors (Lipinski definition) is 1. The van der Waals surface area contributed by atoms with Crippen LogP contribution >= 0.6 is 0 Å². The number of anilines is 1. The van der Waals surface area contributed by atoms with Gasteiger partial charge in [-0.1, -0.05) is 42.5 Å². The smallest absolute Gasteiger partial charge is 0.410 e. The van der Waals surface area contributed by atoms with Crippen molar-refractivity contribution in [2.75, 3.05) is 49.3 Å². The van der Waals surface area contributed by atoms with E-state index in [4.69, 9.17) is 10.5 Å². The van der Waals surface area contributed by atoms with Crippen molar-refractivity contribution in [1.82, 2.24) is 9.80 Å². The van der Waals surface area contributed by atoms with Gasteiger partial charge < -0.3 is 15.4 Å².